The van der Waals surface area contributed by atoms with Crippen LogP contribution in [0.15, 0.2) is 42.6 Å². The number of fused-ring (bicyclic) bond motifs is 1. The van der Waals surface area contributed by atoms with E-state index in [1.165, 1.54) is 6.42 Å². The molecule has 0 radical (unpaired) electrons. The number of nitrogens with zero attached hydrogens (tertiary/aromatic N) is 3. The number of likely N-dealkylation sites (N-methyl/N-ethyl adjacent to an activating group) is 1. The molecular formula is C22H26N4O2. The number of carbonyl (C=O) groups excluding carboxylic acids is 2. The van der Waals surface area contributed by atoms with Crippen molar-refractivity contribution in [2.45, 2.75) is 38.9 Å². The zero-order valence-electron chi connectivity index (χ0n) is 16.2. The first kappa shape index (κ1) is 18.6. The predicted octanol–water partition coefficient (Wildman–Crippen LogP) is 2.45. The minimum atomic E-state index is -0.159. The molecule has 6 heteroatoms. The molecule has 1 atom stereocenters. The average Bonchev–Trinajstić information content (AvgIpc) is 3.31. The number of aromatic nitrogens is 1. The Kier molecular flexibility index (Phi) is 5.39. The number of hydrogen-bond acceptors (Lipinski definition) is 4. The van der Waals surface area contributed by atoms with Crippen LogP contribution in [0.4, 0.5) is 0 Å². The quantitative estimate of drug-likeness (QED) is 0.839. The lowest BCUT2D eigenvalue weighted by atomic mass is 10.0. The third-order valence-electron chi connectivity index (χ3n) is 5.78. The fraction of sp³-hybridized carbons (Fsp3) is 0.409. The van der Waals surface area contributed by atoms with Gasteiger partial charge in [0.2, 0.25) is 0 Å². The Hall–Kier alpha value is -2.73. The van der Waals surface area contributed by atoms with E-state index in [9.17, 15) is 9.59 Å². The smallest absolute Gasteiger partial charge is 0.254 e. The van der Waals surface area contributed by atoms with E-state index in [1.807, 2.05) is 29.2 Å². The number of benzene rings is 1. The molecule has 1 unspecified atom stereocenters. The average molecular weight is 378 g/mol. The summed E-state index contributed by atoms with van der Waals surface area (Å²) in [4.78, 5) is 34.2. The van der Waals surface area contributed by atoms with Crippen molar-refractivity contribution >= 4 is 11.8 Å². The van der Waals surface area contributed by atoms with Crippen LogP contribution in [-0.4, -0.2) is 52.3 Å². The van der Waals surface area contributed by atoms with Crippen LogP contribution < -0.4 is 5.32 Å². The highest BCUT2D eigenvalue weighted by Crippen LogP contribution is 2.28. The second-order valence-corrected chi connectivity index (χ2v) is 7.45. The lowest BCUT2D eigenvalue weighted by molar-refractivity contribution is 0.0730. The molecule has 1 N–H and O–H groups in total. The van der Waals surface area contributed by atoms with E-state index in [0.29, 0.717) is 30.3 Å². The van der Waals surface area contributed by atoms with Crippen molar-refractivity contribution in [2.24, 2.45) is 0 Å². The molecule has 0 saturated carbocycles. The van der Waals surface area contributed by atoms with Gasteiger partial charge < -0.3 is 10.2 Å². The number of carbonyl (C=O) groups is 2. The summed E-state index contributed by atoms with van der Waals surface area (Å²) in [6, 6.07) is 11.5. The monoisotopic (exact) mass is 378 g/mol. The first-order valence-corrected chi connectivity index (χ1v) is 10.0. The fourth-order valence-electron chi connectivity index (χ4n) is 4.29. The van der Waals surface area contributed by atoms with Crippen LogP contribution in [0.1, 0.15) is 51.7 Å². The maximum absolute atomic E-state index is 12.9. The molecule has 1 aromatic carbocycles. The van der Waals surface area contributed by atoms with Gasteiger partial charge in [0, 0.05) is 36.5 Å². The molecule has 146 valence electrons. The van der Waals surface area contributed by atoms with E-state index >= 15 is 0 Å². The van der Waals surface area contributed by atoms with Crippen LogP contribution in [-0.2, 0) is 13.1 Å². The summed E-state index contributed by atoms with van der Waals surface area (Å²) in [7, 11) is 0. The number of nitrogens with one attached hydrogen (secondary N) is 1. The van der Waals surface area contributed by atoms with E-state index in [-0.39, 0.29) is 11.8 Å². The molecule has 2 aliphatic heterocycles. The van der Waals surface area contributed by atoms with Gasteiger partial charge in [0.15, 0.2) is 0 Å². The van der Waals surface area contributed by atoms with Crippen molar-refractivity contribution in [3.05, 3.63) is 65.0 Å². The van der Waals surface area contributed by atoms with Gasteiger partial charge in [0.25, 0.3) is 11.8 Å². The van der Waals surface area contributed by atoms with E-state index in [1.54, 1.807) is 18.3 Å². The van der Waals surface area contributed by atoms with Crippen molar-refractivity contribution in [3.63, 3.8) is 0 Å². The Labute approximate surface area is 165 Å². The lowest BCUT2D eigenvalue weighted by Crippen LogP contribution is -2.40. The maximum Gasteiger partial charge on any atom is 0.254 e. The lowest BCUT2D eigenvalue weighted by Gasteiger charge is -2.27. The normalized spacial score (nSPS) is 19.1. The van der Waals surface area contributed by atoms with Gasteiger partial charge in [-0.1, -0.05) is 19.1 Å². The van der Waals surface area contributed by atoms with Gasteiger partial charge in [-0.15, -0.1) is 0 Å². The van der Waals surface area contributed by atoms with Crippen molar-refractivity contribution in [2.75, 3.05) is 19.6 Å². The highest BCUT2D eigenvalue weighted by Gasteiger charge is 2.34. The summed E-state index contributed by atoms with van der Waals surface area (Å²) in [5, 5.41) is 2.92. The fourth-order valence-corrected chi connectivity index (χ4v) is 4.29. The zero-order chi connectivity index (χ0) is 19.5. The van der Waals surface area contributed by atoms with Gasteiger partial charge in [0.1, 0.15) is 0 Å². The molecule has 4 rings (SSSR count). The van der Waals surface area contributed by atoms with Gasteiger partial charge in [-0.05, 0) is 55.8 Å². The molecule has 0 bridgehead atoms. The molecule has 3 heterocycles. The Morgan fingerprint density at radius 1 is 1.25 bits per heavy atom. The molecule has 1 aromatic heterocycles. The van der Waals surface area contributed by atoms with Gasteiger partial charge in [-0.2, -0.15) is 0 Å². The van der Waals surface area contributed by atoms with Gasteiger partial charge >= 0.3 is 0 Å². The molecule has 28 heavy (non-hydrogen) atoms. The highest BCUT2D eigenvalue weighted by molar-refractivity contribution is 6.04. The Balaban J connectivity index is 1.47. The van der Waals surface area contributed by atoms with Crippen LogP contribution in [0.2, 0.25) is 0 Å². The SMILES string of the molecule is CCN1CCCC1CN1Cc2c(C(=O)NCc3ccccn3)cccc2C1=O. The van der Waals surface area contributed by atoms with Gasteiger partial charge in [0.05, 0.1) is 12.2 Å². The summed E-state index contributed by atoms with van der Waals surface area (Å²) in [6.07, 6.45) is 4.03. The number of amides is 2. The van der Waals surface area contributed by atoms with E-state index in [4.69, 9.17) is 0 Å². The molecule has 1 fully saturated rings. The highest BCUT2D eigenvalue weighted by atomic mass is 16.2. The molecule has 2 aromatic rings. The van der Waals surface area contributed by atoms with Crippen LogP contribution in [0, 0.1) is 0 Å². The summed E-state index contributed by atoms with van der Waals surface area (Å²) in [5.41, 5.74) is 2.89. The van der Waals surface area contributed by atoms with Crippen LogP contribution in [0.25, 0.3) is 0 Å². The zero-order valence-corrected chi connectivity index (χ0v) is 16.2. The molecule has 2 amide bonds. The number of rotatable bonds is 6. The molecule has 2 aliphatic rings. The summed E-state index contributed by atoms with van der Waals surface area (Å²) in [6.45, 7) is 5.90. The van der Waals surface area contributed by atoms with E-state index < -0.39 is 0 Å². The molecule has 1 saturated heterocycles. The van der Waals surface area contributed by atoms with Gasteiger partial charge in [-0.25, -0.2) is 0 Å². The van der Waals surface area contributed by atoms with E-state index in [2.05, 4.69) is 22.1 Å². The van der Waals surface area contributed by atoms with Crippen LogP contribution in [0.5, 0.6) is 0 Å². The van der Waals surface area contributed by atoms with Gasteiger partial charge in [-0.3, -0.25) is 19.5 Å². The standard InChI is InChI=1S/C22H26N4O2/c1-2-25-12-6-8-17(25)14-26-15-20-18(9-5-10-19(20)22(26)28)21(27)24-13-16-7-3-4-11-23-16/h3-5,7,9-11,17H,2,6,8,12-15H2,1H3,(H,24,27). The third-order valence-corrected chi connectivity index (χ3v) is 5.78. The summed E-state index contributed by atoms with van der Waals surface area (Å²) >= 11 is 0. The largest absolute Gasteiger partial charge is 0.346 e. The number of hydrogen-bond donors (Lipinski definition) is 1. The second kappa shape index (κ2) is 8.10. The van der Waals surface area contributed by atoms with E-state index in [0.717, 1.165) is 37.3 Å². The van der Waals surface area contributed by atoms with Crippen LogP contribution in [0.3, 0.4) is 0 Å². The van der Waals surface area contributed by atoms with Crippen molar-refractivity contribution in [3.8, 4) is 0 Å². The number of pyridine rings is 1. The first-order chi connectivity index (χ1) is 13.7. The van der Waals surface area contributed by atoms with Crippen molar-refractivity contribution in [1.29, 1.82) is 0 Å². The molecular weight excluding hydrogens is 352 g/mol. The Morgan fingerprint density at radius 3 is 2.93 bits per heavy atom. The first-order valence-electron chi connectivity index (χ1n) is 10.0. The Morgan fingerprint density at radius 2 is 2.14 bits per heavy atom. The molecule has 6 nitrogen and oxygen atoms in total. The minimum absolute atomic E-state index is 0.0392. The van der Waals surface area contributed by atoms with Crippen molar-refractivity contribution < 1.29 is 9.59 Å². The number of likely N-dealkylation sites (tertiary alicyclic amines) is 1. The van der Waals surface area contributed by atoms with Crippen LogP contribution >= 0.6 is 0 Å². The maximum atomic E-state index is 12.9. The molecule has 0 spiro atoms. The molecule has 0 aliphatic carbocycles. The topological polar surface area (TPSA) is 65.5 Å². The third kappa shape index (κ3) is 3.64. The van der Waals surface area contributed by atoms with Crippen molar-refractivity contribution in [1.82, 2.24) is 20.1 Å². The second-order valence-electron chi connectivity index (χ2n) is 7.45. The minimum Gasteiger partial charge on any atom is -0.346 e. The summed E-state index contributed by atoms with van der Waals surface area (Å²) in [5.74, 6) is -0.120. The summed E-state index contributed by atoms with van der Waals surface area (Å²) < 4.78 is 0. The Bertz CT molecular complexity index is 868. The predicted molar refractivity (Wildman–Crippen MR) is 107 cm³/mol.